The molecule has 1 aromatic heterocycles. The van der Waals surface area contributed by atoms with E-state index in [4.69, 9.17) is 16.3 Å². The minimum Gasteiger partial charge on any atom is -0.496 e. The van der Waals surface area contributed by atoms with Crippen molar-refractivity contribution in [3.8, 4) is 5.75 Å². The Labute approximate surface area is 183 Å². The van der Waals surface area contributed by atoms with Gasteiger partial charge in [-0.1, -0.05) is 23.4 Å². The van der Waals surface area contributed by atoms with Crippen molar-refractivity contribution in [1.29, 1.82) is 0 Å². The topological polar surface area (TPSA) is 71.5 Å². The smallest absolute Gasteiger partial charge is 0.261 e. The molecule has 0 spiro atoms. The first-order chi connectivity index (χ1) is 14.5. The molecular weight excluding hydrogens is 422 g/mol. The van der Waals surface area contributed by atoms with Gasteiger partial charge in [0, 0.05) is 28.3 Å². The first-order valence-corrected chi connectivity index (χ1v) is 10.4. The van der Waals surface area contributed by atoms with E-state index in [9.17, 15) is 9.59 Å². The number of pyridine rings is 1. The quantitative estimate of drug-likeness (QED) is 0.610. The molecule has 30 heavy (non-hydrogen) atoms. The number of amides is 2. The zero-order valence-corrected chi connectivity index (χ0v) is 17.9. The second-order valence-corrected chi connectivity index (χ2v) is 7.96. The highest BCUT2D eigenvalue weighted by Crippen LogP contribution is 2.41. The van der Waals surface area contributed by atoms with E-state index in [1.165, 1.54) is 18.9 Å². The Balaban J connectivity index is 1.69. The van der Waals surface area contributed by atoms with E-state index in [2.05, 4.69) is 10.3 Å². The molecule has 0 unspecified atom stereocenters. The minimum atomic E-state index is -0.316. The van der Waals surface area contributed by atoms with Crippen LogP contribution in [0.5, 0.6) is 5.75 Å². The average Bonchev–Trinajstić information content (AvgIpc) is 2.86. The van der Waals surface area contributed by atoms with Gasteiger partial charge < -0.3 is 15.0 Å². The summed E-state index contributed by atoms with van der Waals surface area (Å²) in [5.41, 5.74) is 2.33. The molecule has 2 aromatic carbocycles. The third-order valence-electron chi connectivity index (χ3n) is 4.69. The molecule has 0 aliphatic carbocycles. The van der Waals surface area contributed by atoms with Gasteiger partial charge in [-0.3, -0.25) is 9.59 Å². The lowest BCUT2D eigenvalue weighted by Gasteiger charge is -2.21. The second-order valence-electron chi connectivity index (χ2n) is 6.49. The van der Waals surface area contributed by atoms with Gasteiger partial charge in [0.2, 0.25) is 0 Å². The average molecular weight is 440 g/mol. The number of carbonyl (C=O) groups excluding carboxylic acids is 2. The molecule has 1 aliphatic heterocycles. The number of benzene rings is 2. The molecule has 0 saturated heterocycles. The normalized spacial score (nSPS) is 12.6. The van der Waals surface area contributed by atoms with E-state index in [1.54, 1.807) is 47.5 Å². The number of fused-ring (bicyclic) bond motifs is 2. The summed E-state index contributed by atoms with van der Waals surface area (Å²) >= 11 is 7.39. The highest BCUT2D eigenvalue weighted by atomic mass is 35.5. The summed E-state index contributed by atoms with van der Waals surface area (Å²) in [4.78, 5) is 32.7. The number of nitrogens with one attached hydrogen (secondary N) is 1. The lowest BCUT2D eigenvalue weighted by Crippen LogP contribution is -2.30. The fourth-order valence-electron chi connectivity index (χ4n) is 3.26. The molecule has 0 bridgehead atoms. The van der Waals surface area contributed by atoms with Crippen LogP contribution in [0.3, 0.4) is 0 Å². The molecule has 8 heteroatoms. The molecular formula is C22H18ClN3O3S. The maximum Gasteiger partial charge on any atom is 0.261 e. The summed E-state index contributed by atoms with van der Waals surface area (Å²) in [6, 6.07) is 13.8. The molecule has 2 heterocycles. The van der Waals surface area contributed by atoms with Crippen molar-refractivity contribution in [3.05, 3.63) is 70.9 Å². The summed E-state index contributed by atoms with van der Waals surface area (Å²) in [5.74, 6) is -0.0106. The first-order valence-electron chi connectivity index (χ1n) is 9.25. The van der Waals surface area contributed by atoms with Crippen LogP contribution in [0.25, 0.3) is 0 Å². The van der Waals surface area contributed by atoms with Crippen LogP contribution in [0.15, 0.2) is 64.6 Å². The van der Waals surface area contributed by atoms with Gasteiger partial charge in [-0.15, -0.1) is 0 Å². The van der Waals surface area contributed by atoms with Crippen molar-refractivity contribution >= 4 is 46.6 Å². The third kappa shape index (κ3) is 3.74. The first kappa shape index (κ1) is 20.3. The zero-order chi connectivity index (χ0) is 21.3. The number of anilines is 2. The summed E-state index contributed by atoms with van der Waals surface area (Å²) in [6.45, 7) is 2.45. The van der Waals surface area contributed by atoms with Gasteiger partial charge in [0.25, 0.3) is 11.8 Å². The number of carbonyl (C=O) groups is 2. The Hall–Kier alpha value is -3.03. The van der Waals surface area contributed by atoms with Crippen LogP contribution in [0.4, 0.5) is 11.4 Å². The van der Waals surface area contributed by atoms with Crippen molar-refractivity contribution < 1.29 is 14.3 Å². The highest BCUT2D eigenvalue weighted by Gasteiger charge is 2.27. The van der Waals surface area contributed by atoms with Crippen LogP contribution in [0, 0.1) is 0 Å². The summed E-state index contributed by atoms with van der Waals surface area (Å²) in [7, 11) is 1.49. The van der Waals surface area contributed by atoms with E-state index in [0.29, 0.717) is 39.2 Å². The summed E-state index contributed by atoms with van der Waals surface area (Å²) in [6.07, 6.45) is 1.67. The zero-order valence-electron chi connectivity index (χ0n) is 16.3. The SMILES string of the molecule is CCN1C(=O)c2cccnc2Sc2cc(NC(=O)c3ccc(Cl)cc3OC)ccc21. The van der Waals surface area contributed by atoms with E-state index in [0.717, 1.165) is 10.6 Å². The molecule has 0 radical (unpaired) electrons. The lowest BCUT2D eigenvalue weighted by atomic mass is 10.1. The van der Waals surface area contributed by atoms with Crippen molar-refractivity contribution in [3.63, 3.8) is 0 Å². The van der Waals surface area contributed by atoms with Gasteiger partial charge in [0.1, 0.15) is 10.8 Å². The molecule has 6 nitrogen and oxygen atoms in total. The Morgan fingerprint density at radius 3 is 2.83 bits per heavy atom. The predicted octanol–water partition coefficient (Wildman–Crippen LogP) is 5.13. The Morgan fingerprint density at radius 2 is 2.07 bits per heavy atom. The van der Waals surface area contributed by atoms with Crippen LogP contribution >= 0.6 is 23.4 Å². The number of methoxy groups -OCH3 is 1. The number of halogens is 1. The number of hydrogen-bond acceptors (Lipinski definition) is 5. The van der Waals surface area contributed by atoms with Gasteiger partial charge in [-0.05, 0) is 55.5 Å². The van der Waals surface area contributed by atoms with Gasteiger partial charge in [0.15, 0.2) is 0 Å². The second kappa shape index (κ2) is 8.38. The maximum atomic E-state index is 13.0. The Morgan fingerprint density at radius 1 is 1.23 bits per heavy atom. The summed E-state index contributed by atoms with van der Waals surface area (Å²) in [5, 5.41) is 4.02. The molecule has 152 valence electrons. The fraction of sp³-hybridized carbons (Fsp3) is 0.136. The van der Waals surface area contributed by atoms with E-state index in [-0.39, 0.29) is 11.8 Å². The molecule has 4 rings (SSSR count). The van der Waals surface area contributed by atoms with Crippen LogP contribution in [0.1, 0.15) is 27.6 Å². The molecule has 0 atom stereocenters. The van der Waals surface area contributed by atoms with Crippen LogP contribution in [-0.2, 0) is 0 Å². The summed E-state index contributed by atoms with van der Waals surface area (Å²) < 4.78 is 5.27. The fourth-order valence-corrected chi connectivity index (χ4v) is 4.47. The Kier molecular flexibility index (Phi) is 5.65. The number of ether oxygens (including phenoxy) is 1. The van der Waals surface area contributed by atoms with Gasteiger partial charge in [-0.25, -0.2) is 4.98 Å². The molecule has 3 aromatic rings. The molecule has 1 aliphatic rings. The van der Waals surface area contributed by atoms with Gasteiger partial charge in [0.05, 0.1) is 23.9 Å². The van der Waals surface area contributed by atoms with Gasteiger partial charge in [-0.2, -0.15) is 0 Å². The van der Waals surface area contributed by atoms with Gasteiger partial charge >= 0.3 is 0 Å². The van der Waals surface area contributed by atoms with Crippen LogP contribution in [-0.4, -0.2) is 30.5 Å². The number of nitrogens with zero attached hydrogens (tertiary/aromatic N) is 2. The highest BCUT2D eigenvalue weighted by molar-refractivity contribution is 7.99. The predicted molar refractivity (Wildman–Crippen MR) is 118 cm³/mol. The van der Waals surface area contributed by atoms with E-state index >= 15 is 0 Å². The lowest BCUT2D eigenvalue weighted by molar-refractivity contribution is 0.0983. The molecule has 2 amide bonds. The third-order valence-corrected chi connectivity index (χ3v) is 5.99. The molecule has 0 saturated carbocycles. The number of hydrogen-bond donors (Lipinski definition) is 1. The number of rotatable bonds is 4. The van der Waals surface area contributed by atoms with Crippen LogP contribution < -0.4 is 15.0 Å². The van der Waals surface area contributed by atoms with Crippen LogP contribution in [0.2, 0.25) is 5.02 Å². The maximum absolute atomic E-state index is 13.0. The standard InChI is InChI=1S/C22H18ClN3O3S/c1-3-26-17-9-7-14(25-20(27)15-8-6-13(23)11-18(15)29-2)12-19(17)30-21-16(22(26)28)5-4-10-24-21/h4-12H,3H2,1-2H3,(H,25,27). The minimum absolute atomic E-state index is 0.0884. The monoisotopic (exact) mass is 439 g/mol. The van der Waals surface area contributed by atoms with E-state index < -0.39 is 0 Å². The van der Waals surface area contributed by atoms with Crippen molar-refractivity contribution in [2.45, 2.75) is 16.8 Å². The van der Waals surface area contributed by atoms with Crippen molar-refractivity contribution in [2.75, 3.05) is 23.9 Å². The van der Waals surface area contributed by atoms with Crippen molar-refractivity contribution in [1.82, 2.24) is 4.98 Å². The van der Waals surface area contributed by atoms with E-state index in [1.807, 2.05) is 19.1 Å². The number of aromatic nitrogens is 1. The largest absolute Gasteiger partial charge is 0.496 e. The Bertz CT molecular complexity index is 1150. The molecule has 0 fully saturated rings. The van der Waals surface area contributed by atoms with Crippen molar-refractivity contribution in [2.24, 2.45) is 0 Å². The molecule has 1 N–H and O–H groups in total.